The second-order valence-electron chi connectivity index (χ2n) is 11.2. The Hall–Kier alpha value is -4.49. The zero-order chi connectivity index (χ0) is 30.1. The summed E-state index contributed by atoms with van der Waals surface area (Å²) in [5.74, 6) is -0.0443. The minimum Gasteiger partial charge on any atom is -0.352 e. The molecule has 1 saturated heterocycles. The third-order valence-electron chi connectivity index (χ3n) is 8.56. The number of rotatable bonds is 8. The van der Waals surface area contributed by atoms with Crippen LogP contribution in [0.5, 0.6) is 0 Å². The number of para-hydroxylation sites is 1. The van der Waals surface area contributed by atoms with Crippen LogP contribution in [-0.4, -0.2) is 32.0 Å². The number of anilines is 1. The molecule has 43 heavy (non-hydrogen) atoms. The van der Waals surface area contributed by atoms with Gasteiger partial charge in [0.05, 0.1) is 23.5 Å². The largest absolute Gasteiger partial charge is 0.352 e. The van der Waals surface area contributed by atoms with Crippen molar-refractivity contribution in [3.63, 3.8) is 0 Å². The van der Waals surface area contributed by atoms with E-state index in [1.807, 2.05) is 54.7 Å². The second kappa shape index (κ2) is 12.0. The zero-order valence-electron chi connectivity index (χ0n) is 25.1. The highest BCUT2D eigenvalue weighted by atomic mass is 32.1. The van der Waals surface area contributed by atoms with Gasteiger partial charge in [-0.1, -0.05) is 67.6 Å². The smallest absolute Gasteiger partial charge is 0.226 e. The Kier molecular flexibility index (Phi) is 8.00. The summed E-state index contributed by atoms with van der Waals surface area (Å²) in [6.45, 7) is 9.22. The minimum absolute atomic E-state index is 0.0443. The van der Waals surface area contributed by atoms with Crippen LogP contribution in [0.3, 0.4) is 0 Å². The number of thiocarbonyl (C=S) groups is 1. The average molecular weight is 588 g/mol. The molecule has 5 aromatic rings. The molecule has 3 heterocycles. The van der Waals surface area contributed by atoms with Gasteiger partial charge in [0.25, 0.3) is 0 Å². The van der Waals surface area contributed by atoms with E-state index in [0.717, 1.165) is 28.6 Å². The van der Waals surface area contributed by atoms with Crippen LogP contribution in [0.2, 0.25) is 0 Å². The lowest BCUT2D eigenvalue weighted by Crippen LogP contribution is -2.33. The lowest BCUT2D eigenvalue weighted by atomic mass is 9.96. The predicted octanol–water partition coefficient (Wildman–Crippen LogP) is 7.51. The molecule has 7 heteroatoms. The summed E-state index contributed by atoms with van der Waals surface area (Å²) >= 11 is 5.92. The van der Waals surface area contributed by atoms with E-state index in [0.29, 0.717) is 18.1 Å². The first-order chi connectivity index (χ1) is 20.9. The van der Waals surface area contributed by atoms with E-state index >= 15 is 0 Å². The molecule has 2 N–H and O–H groups in total. The van der Waals surface area contributed by atoms with E-state index in [4.69, 9.17) is 17.2 Å². The van der Waals surface area contributed by atoms with Crippen LogP contribution in [0.25, 0.3) is 16.5 Å². The van der Waals surface area contributed by atoms with Crippen LogP contribution in [0, 0.1) is 20.8 Å². The molecule has 0 unspecified atom stereocenters. The number of nitrogens with zero attached hydrogens (tertiary/aromatic N) is 3. The van der Waals surface area contributed by atoms with Crippen LogP contribution in [0.1, 0.15) is 59.2 Å². The van der Waals surface area contributed by atoms with Crippen LogP contribution >= 0.6 is 12.2 Å². The molecule has 0 spiro atoms. The van der Waals surface area contributed by atoms with Gasteiger partial charge in [0, 0.05) is 41.6 Å². The molecule has 6 nitrogen and oxygen atoms in total. The maximum atomic E-state index is 13.3. The Morgan fingerprint density at radius 3 is 2.53 bits per heavy atom. The molecule has 3 aromatic carbocycles. The van der Waals surface area contributed by atoms with Crippen molar-refractivity contribution in [2.75, 3.05) is 11.9 Å². The van der Waals surface area contributed by atoms with Crippen molar-refractivity contribution in [2.45, 2.75) is 52.6 Å². The summed E-state index contributed by atoms with van der Waals surface area (Å²) < 4.78 is 2.38. The Bertz CT molecular complexity index is 1810. The molecule has 0 bridgehead atoms. The van der Waals surface area contributed by atoms with Gasteiger partial charge < -0.3 is 20.1 Å². The van der Waals surface area contributed by atoms with Gasteiger partial charge in [-0.05, 0) is 85.8 Å². The molecule has 1 aliphatic rings. The molecular weight excluding hydrogens is 550 g/mol. The summed E-state index contributed by atoms with van der Waals surface area (Å²) in [6, 6.07) is 28.6. The van der Waals surface area contributed by atoms with E-state index in [1.54, 1.807) is 0 Å². The van der Waals surface area contributed by atoms with E-state index in [1.165, 1.54) is 33.8 Å². The lowest BCUT2D eigenvalue weighted by Gasteiger charge is -2.28. The molecular formula is C36H37N5OS. The van der Waals surface area contributed by atoms with Crippen molar-refractivity contribution < 1.29 is 4.79 Å². The van der Waals surface area contributed by atoms with E-state index < -0.39 is 0 Å². The Morgan fingerprint density at radius 1 is 0.977 bits per heavy atom. The van der Waals surface area contributed by atoms with Crippen molar-refractivity contribution in [2.24, 2.45) is 0 Å². The van der Waals surface area contributed by atoms with Crippen molar-refractivity contribution in [1.29, 1.82) is 0 Å². The Balaban J connectivity index is 1.34. The number of nitrogens with one attached hydrogen (secondary N) is 2. The van der Waals surface area contributed by atoms with Gasteiger partial charge in [-0.3, -0.25) is 9.78 Å². The number of aryl methyl sites for hydroxylation is 3. The Morgan fingerprint density at radius 2 is 1.74 bits per heavy atom. The monoisotopic (exact) mass is 587 g/mol. The molecule has 0 saturated carbocycles. The first-order valence-corrected chi connectivity index (χ1v) is 15.3. The SMILES string of the molecule is CCc1cccc(C)c1-n1c(C)cc([C@@H]2[C@@H](c3ccccn3)NC(=S)N2CCC(=O)Nc2cccc3ccccc23)c1C. The second-order valence-corrected chi connectivity index (χ2v) is 11.6. The number of fused-ring (bicyclic) bond motifs is 1. The first kappa shape index (κ1) is 28.6. The van der Waals surface area contributed by atoms with Crippen molar-refractivity contribution in [1.82, 2.24) is 19.8 Å². The quantitative estimate of drug-likeness (QED) is 0.184. The molecule has 0 aliphatic carbocycles. The molecule has 1 amide bonds. The number of benzene rings is 3. The third kappa shape index (κ3) is 5.41. The molecule has 6 rings (SSSR count). The number of carbonyl (C=O) groups is 1. The highest BCUT2D eigenvalue weighted by molar-refractivity contribution is 7.80. The molecule has 2 aromatic heterocycles. The molecule has 1 fully saturated rings. The van der Waals surface area contributed by atoms with Crippen molar-refractivity contribution in [3.8, 4) is 5.69 Å². The molecule has 218 valence electrons. The number of aromatic nitrogens is 2. The van der Waals surface area contributed by atoms with Gasteiger partial charge in [0.1, 0.15) is 0 Å². The number of hydrogen-bond acceptors (Lipinski definition) is 3. The summed E-state index contributed by atoms with van der Waals surface area (Å²) in [6.07, 6.45) is 3.07. The molecule has 0 radical (unpaired) electrons. The predicted molar refractivity (Wildman–Crippen MR) is 179 cm³/mol. The fraction of sp³-hybridized carbons (Fsp3) is 0.250. The number of hydrogen-bond donors (Lipinski definition) is 2. The van der Waals surface area contributed by atoms with Gasteiger partial charge in [-0.2, -0.15) is 0 Å². The summed E-state index contributed by atoms with van der Waals surface area (Å²) in [5, 5.41) is 9.45. The average Bonchev–Trinajstić information content (AvgIpc) is 3.50. The van der Waals surface area contributed by atoms with Crippen LogP contribution < -0.4 is 10.6 Å². The first-order valence-electron chi connectivity index (χ1n) is 14.9. The van der Waals surface area contributed by atoms with E-state index in [2.05, 4.69) is 84.2 Å². The van der Waals surface area contributed by atoms with Crippen molar-refractivity contribution >= 4 is 39.7 Å². The van der Waals surface area contributed by atoms with Gasteiger partial charge in [-0.15, -0.1) is 0 Å². The standard InChI is InChI=1S/C36H37N5OS/c1-5-26-14-10-12-23(2)34(26)41-24(3)22-29(25(41)4)35-33(31-17-8-9-20-37-31)39-36(43)40(35)21-19-32(42)38-30-18-11-15-27-13-6-7-16-28(27)30/h6-18,20,22,33,35H,5,19,21H2,1-4H3,(H,38,42)(H,39,43)/t33-,35-/m1/s1. The minimum atomic E-state index is -0.147. The van der Waals surface area contributed by atoms with Gasteiger partial charge in [0.2, 0.25) is 5.91 Å². The summed E-state index contributed by atoms with van der Waals surface area (Å²) in [5.41, 5.74) is 9.07. The maximum Gasteiger partial charge on any atom is 0.226 e. The van der Waals surface area contributed by atoms with Gasteiger partial charge in [0.15, 0.2) is 5.11 Å². The molecule has 1 aliphatic heterocycles. The normalized spacial score (nSPS) is 16.5. The van der Waals surface area contributed by atoms with Crippen LogP contribution in [0.4, 0.5) is 5.69 Å². The zero-order valence-corrected chi connectivity index (χ0v) is 25.9. The third-order valence-corrected chi connectivity index (χ3v) is 8.91. The number of amides is 1. The van der Waals surface area contributed by atoms with Gasteiger partial charge in [-0.25, -0.2) is 0 Å². The van der Waals surface area contributed by atoms with Crippen molar-refractivity contribution in [3.05, 3.63) is 125 Å². The number of pyridine rings is 1. The van der Waals surface area contributed by atoms with Gasteiger partial charge >= 0.3 is 0 Å². The topological polar surface area (TPSA) is 62.2 Å². The van der Waals surface area contributed by atoms with E-state index in [9.17, 15) is 4.79 Å². The van der Waals surface area contributed by atoms with E-state index in [-0.39, 0.29) is 18.0 Å². The highest BCUT2D eigenvalue weighted by Gasteiger charge is 2.41. The fourth-order valence-corrected chi connectivity index (χ4v) is 6.84. The highest BCUT2D eigenvalue weighted by Crippen LogP contribution is 2.42. The fourth-order valence-electron chi connectivity index (χ4n) is 6.51. The maximum absolute atomic E-state index is 13.3. The van der Waals surface area contributed by atoms with Crippen LogP contribution in [-0.2, 0) is 11.2 Å². The van der Waals surface area contributed by atoms with Crippen LogP contribution in [0.15, 0.2) is 91.1 Å². The summed E-state index contributed by atoms with van der Waals surface area (Å²) in [7, 11) is 0. The Labute approximate surface area is 258 Å². The molecule has 2 atom stereocenters. The lowest BCUT2D eigenvalue weighted by molar-refractivity contribution is -0.116. The summed E-state index contributed by atoms with van der Waals surface area (Å²) in [4.78, 5) is 20.2. The number of carbonyl (C=O) groups excluding carboxylic acids is 1.